The molecule has 4 nitrogen and oxygen atoms in total. The maximum atomic E-state index is 5.40. The topological polar surface area (TPSA) is 39.7 Å². The number of rotatable bonds is 6. The number of allylic oxidation sites excluding steroid dienone is 1. The molecule has 0 aromatic heterocycles. The van der Waals surface area contributed by atoms with E-state index in [9.17, 15) is 0 Å². The van der Waals surface area contributed by atoms with Crippen LogP contribution < -0.4 is 5.32 Å². The van der Waals surface area contributed by atoms with Crippen molar-refractivity contribution in [3.05, 3.63) is 12.3 Å². The maximum Gasteiger partial charge on any atom is 0.169 e. The van der Waals surface area contributed by atoms with Crippen LogP contribution >= 0.6 is 0 Å². The van der Waals surface area contributed by atoms with Crippen molar-refractivity contribution in [2.75, 3.05) is 27.3 Å². The minimum atomic E-state index is -0.172. The summed E-state index contributed by atoms with van der Waals surface area (Å²) < 4.78 is 15.5. The maximum absolute atomic E-state index is 5.40. The largest absolute Gasteiger partial charge is 0.497 e. The van der Waals surface area contributed by atoms with Gasteiger partial charge in [0.2, 0.25) is 0 Å². The second-order valence-electron chi connectivity index (χ2n) is 3.27. The molecule has 1 unspecified atom stereocenters. The Hall–Kier alpha value is -0.580. The summed E-state index contributed by atoms with van der Waals surface area (Å²) in [6.45, 7) is 1.53. The van der Waals surface area contributed by atoms with E-state index < -0.39 is 0 Å². The second-order valence-corrected chi connectivity index (χ2v) is 3.27. The molecule has 0 spiro atoms. The fraction of sp³-hybridized carbons (Fsp3) is 0.800. The van der Waals surface area contributed by atoms with Crippen molar-refractivity contribution in [3.8, 4) is 0 Å². The molecule has 82 valence electrons. The predicted octanol–water partition coefficient (Wildman–Crippen LogP) is 0.888. The predicted molar refractivity (Wildman–Crippen MR) is 53.9 cm³/mol. The summed E-state index contributed by atoms with van der Waals surface area (Å²) in [5, 5.41) is 3.25. The molecule has 0 fully saturated rings. The highest BCUT2D eigenvalue weighted by molar-refractivity contribution is 4.82. The molecule has 0 amide bonds. The van der Waals surface area contributed by atoms with E-state index in [1.165, 1.54) is 0 Å². The Morgan fingerprint density at radius 2 is 2.29 bits per heavy atom. The molecule has 14 heavy (non-hydrogen) atoms. The molecule has 1 atom stereocenters. The van der Waals surface area contributed by atoms with E-state index in [0.29, 0.717) is 6.54 Å². The molecule has 4 heteroatoms. The third-order valence-electron chi connectivity index (χ3n) is 2.23. The number of nitrogens with one attached hydrogen (secondary N) is 1. The first kappa shape index (κ1) is 11.5. The lowest BCUT2D eigenvalue weighted by Gasteiger charge is -2.21. The van der Waals surface area contributed by atoms with E-state index >= 15 is 0 Å². The normalized spacial score (nSPS) is 21.2. The Balaban J connectivity index is 2.05. The molecule has 0 aromatic carbocycles. The Kier molecular flexibility index (Phi) is 5.59. The van der Waals surface area contributed by atoms with Crippen LogP contribution in [-0.2, 0) is 14.2 Å². The Morgan fingerprint density at radius 1 is 1.50 bits per heavy atom. The van der Waals surface area contributed by atoms with Crippen LogP contribution in [0.4, 0.5) is 0 Å². The van der Waals surface area contributed by atoms with E-state index in [1.54, 1.807) is 20.5 Å². The summed E-state index contributed by atoms with van der Waals surface area (Å²) in [7, 11) is 3.27. The summed E-state index contributed by atoms with van der Waals surface area (Å²) in [6, 6.07) is 0. The number of hydrogen-bond donors (Lipinski definition) is 1. The lowest BCUT2D eigenvalue weighted by Crippen LogP contribution is -2.35. The van der Waals surface area contributed by atoms with E-state index in [0.717, 1.165) is 19.4 Å². The lowest BCUT2D eigenvalue weighted by molar-refractivity contribution is -0.0995. The van der Waals surface area contributed by atoms with E-state index in [4.69, 9.17) is 14.2 Å². The highest BCUT2D eigenvalue weighted by Gasteiger charge is 2.11. The molecular formula is C10H19NO3. The number of ether oxygens (including phenoxy) is 3. The van der Waals surface area contributed by atoms with Crippen LogP contribution in [-0.4, -0.2) is 39.7 Å². The van der Waals surface area contributed by atoms with Gasteiger partial charge in [-0.05, 0) is 18.9 Å². The Bertz CT molecular complexity index is 169. The third kappa shape index (κ3) is 4.09. The molecule has 0 aromatic rings. The zero-order valence-electron chi connectivity index (χ0n) is 8.86. The van der Waals surface area contributed by atoms with Gasteiger partial charge < -0.3 is 19.5 Å². The van der Waals surface area contributed by atoms with Crippen LogP contribution in [0.15, 0.2) is 12.3 Å². The fourth-order valence-corrected chi connectivity index (χ4v) is 1.36. The van der Waals surface area contributed by atoms with Gasteiger partial charge in [0.15, 0.2) is 6.29 Å². The fourth-order valence-electron chi connectivity index (χ4n) is 1.36. The van der Waals surface area contributed by atoms with Gasteiger partial charge in [-0.25, -0.2) is 0 Å². The highest BCUT2D eigenvalue weighted by atomic mass is 16.7. The van der Waals surface area contributed by atoms with Crippen molar-refractivity contribution in [1.29, 1.82) is 0 Å². The smallest absolute Gasteiger partial charge is 0.169 e. The van der Waals surface area contributed by atoms with Crippen molar-refractivity contribution < 1.29 is 14.2 Å². The van der Waals surface area contributed by atoms with Crippen LogP contribution in [0.5, 0.6) is 0 Å². The lowest BCUT2D eigenvalue weighted by atomic mass is 10.1. The summed E-state index contributed by atoms with van der Waals surface area (Å²) in [5.74, 6) is 0. The van der Waals surface area contributed by atoms with Gasteiger partial charge in [-0.2, -0.15) is 0 Å². The molecule has 1 N–H and O–H groups in total. The van der Waals surface area contributed by atoms with Gasteiger partial charge in [0, 0.05) is 27.3 Å². The van der Waals surface area contributed by atoms with Gasteiger partial charge in [0.05, 0.1) is 6.26 Å². The molecule has 1 heterocycles. The molecule has 0 bridgehead atoms. The van der Waals surface area contributed by atoms with Crippen molar-refractivity contribution in [3.63, 3.8) is 0 Å². The summed E-state index contributed by atoms with van der Waals surface area (Å²) in [5.41, 5.74) is 0. The van der Waals surface area contributed by atoms with Crippen molar-refractivity contribution in [2.24, 2.45) is 0 Å². The first-order chi connectivity index (χ1) is 6.86. The minimum Gasteiger partial charge on any atom is -0.497 e. The van der Waals surface area contributed by atoms with Crippen LogP contribution in [0.25, 0.3) is 0 Å². The Morgan fingerprint density at radius 3 is 2.86 bits per heavy atom. The zero-order chi connectivity index (χ0) is 10.2. The monoisotopic (exact) mass is 201 g/mol. The van der Waals surface area contributed by atoms with Gasteiger partial charge in [0.25, 0.3) is 0 Å². The zero-order valence-corrected chi connectivity index (χ0v) is 8.86. The van der Waals surface area contributed by atoms with Gasteiger partial charge >= 0.3 is 0 Å². The van der Waals surface area contributed by atoms with Crippen LogP contribution in [0, 0.1) is 0 Å². The van der Waals surface area contributed by atoms with Crippen molar-refractivity contribution in [1.82, 2.24) is 5.32 Å². The highest BCUT2D eigenvalue weighted by Crippen LogP contribution is 2.08. The minimum absolute atomic E-state index is 0.172. The van der Waals surface area contributed by atoms with Crippen LogP contribution in [0.3, 0.4) is 0 Å². The molecule has 0 saturated heterocycles. The van der Waals surface area contributed by atoms with Crippen molar-refractivity contribution >= 4 is 0 Å². The average molecular weight is 201 g/mol. The second kappa shape index (κ2) is 6.81. The molecule has 1 aliphatic heterocycles. The standard InChI is InChI=1S/C10H19NO3/c1-12-10(13-2)8-11-7-9-5-3-4-6-14-9/h4,6,9-11H,3,5,7-8H2,1-2H3. The summed E-state index contributed by atoms with van der Waals surface area (Å²) >= 11 is 0. The van der Waals surface area contributed by atoms with Gasteiger partial charge in [-0.3, -0.25) is 0 Å². The SMILES string of the molecule is COC(CNCC1CCC=CO1)OC. The van der Waals surface area contributed by atoms with Crippen molar-refractivity contribution in [2.45, 2.75) is 25.2 Å². The van der Waals surface area contributed by atoms with E-state index in [2.05, 4.69) is 5.32 Å². The molecular weight excluding hydrogens is 182 g/mol. The molecule has 0 aliphatic carbocycles. The van der Waals surface area contributed by atoms with Crippen LogP contribution in [0.2, 0.25) is 0 Å². The number of methoxy groups -OCH3 is 2. The first-order valence-electron chi connectivity index (χ1n) is 4.93. The van der Waals surface area contributed by atoms with E-state index in [1.807, 2.05) is 6.08 Å². The molecule has 0 radical (unpaired) electrons. The summed E-state index contributed by atoms with van der Waals surface area (Å²) in [6.07, 6.45) is 6.12. The average Bonchev–Trinajstić information content (AvgIpc) is 2.26. The van der Waals surface area contributed by atoms with Gasteiger partial charge in [0.1, 0.15) is 6.10 Å². The van der Waals surface area contributed by atoms with E-state index in [-0.39, 0.29) is 12.4 Å². The van der Waals surface area contributed by atoms with Gasteiger partial charge in [-0.1, -0.05) is 0 Å². The number of hydrogen-bond acceptors (Lipinski definition) is 4. The third-order valence-corrected chi connectivity index (χ3v) is 2.23. The molecule has 1 aliphatic rings. The molecule has 1 rings (SSSR count). The Labute approximate surface area is 85.2 Å². The van der Waals surface area contributed by atoms with Gasteiger partial charge in [-0.15, -0.1) is 0 Å². The summed E-state index contributed by atoms with van der Waals surface area (Å²) in [4.78, 5) is 0. The molecule has 0 saturated carbocycles. The quantitative estimate of drug-likeness (QED) is 0.648. The van der Waals surface area contributed by atoms with Crippen LogP contribution in [0.1, 0.15) is 12.8 Å². The first-order valence-corrected chi connectivity index (χ1v) is 4.93.